The third-order valence-corrected chi connectivity index (χ3v) is 5.87. The Labute approximate surface area is 164 Å². The van der Waals surface area contributed by atoms with Crippen molar-refractivity contribution in [2.75, 3.05) is 19.4 Å². The van der Waals surface area contributed by atoms with E-state index in [2.05, 4.69) is 21.4 Å². The topological polar surface area (TPSA) is 81.2 Å². The SMILES string of the molecule is COC(=O)c1c(C)nc(C2CC2)nc1SCC(=O)NCCC1=CCCCC1. The minimum Gasteiger partial charge on any atom is -0.465 e. The van der Waals surface area contributed by atoms with Gasteiger partial charge in [0.1, 0.15) is 16.4 Å². The van der Waals surface area contributed by atoms with Crippen LogP contribution >= 0.6 is 11.8 Å². The standard InChI is InChI=1S/C20H27N3O3S/c1-13-17(20(25)26-2)19(23-18(22-13)15-8-9-15)27-12-16(24)21-11-10-14-6-4-3-5-7-14/h6,15H,3-5,7-12H2,1-2H3,(H,21,24). The third-order valence-electron chi connectivity index (χ3n) is 4.90. The van der Waals surface area contributed by atoms with Crippen LogP contribution in [0.25, 0.3) is 0 Å². The maximum atomic E-state index is 12.2. The molecule has 6 nitrogen and oxygen atoms in total. The second-order valence-electron chi connectivity index (χ2n) is 7.11. The number of hydrogen-bond acceptors (Lipinski definition) is 6. The Kier molecular flexibility index (Phi) is 6.88. The van der Waals surface area contributed by atoms with Crippen molar-refractivity contribution in [1.82, 2.24) is 15.3 Å². The van der Waals surface area contributed by atoms with E-state index in [1.807, 2.05) is 0 Å². The first kappa shape index (κ1) is 19.9. The van der Waals surface area contributed by atoms with Crippen molar-refractivity contribution < 1.29 is 14.3 Å². The molecule has 7 heteroatoms. The van der Waals surface area contributed by atoms with Crippen LogP contribution in [0, 0.1) is 6.92 Å². The molecular weight excluding hydrogens is 362 g/mol. The number of carbonyl (C=O) groups excluding carboxylic acids is 2. The lowest BCUT2D eigenvalue weighted by Crippen LogP contribution is -2.26. The Balaban J connectivity index is 1.57. The first-order chi connectivity index (χ1) is 13.1. The van der Waals surface area contributed by atoms with Crippen molar-refractivity contribution >= 4 is 23.6 Å². The van der Waals surface area contributed by atoms with Crippen LogP contribution in [0.3, 0.4) is 0 Å². The van der Waals surface area contributed by atoms with Crippen LogP contribution in [0.15, 0.2) is 16.7 Å². The fourth-order valence-electron chi connectivity index (χ4n) is 3.21. The fourth-order valence-corrected chi connectivity index (χ4v) is 4.12. The van der Waals surface area contributed by atoms with Gasteiger partial charge in [-0.05, 0) is 51.9 Å². The van der Waals surface area contributed by atoms with Crippen LogP contribution in [-0.4, -0.2) is 41.3 Å². The molecule has 1 N–H and O–H groups in total. The summed E-state index contributed by atoms with van der Waals surface area (Å²) < 4.78 is 4.87. The zero-order chi connectivity index (χ0) is 19.2. The molecule has 2 aliphatic rings. The van der Waals surface area contributed by atoms with E-state index in [4.69, 9.17) is 4.74 Å². The van der Waals surface area contributed by atoms with Gasteiger partial charge < -0.3 is 10.1 Å². The van der Waals surface area contributed by atoms with Crippen LogP contribution in [0.1, 0.15) is 72.7 Å². The van der Waals surface area contributed by atoms with E-state index in [1.165, 1.54) is 37.3 Å². The Morgan fingerprint density at radius 3 is 2.78 bits per heavy atom. The predicted octanol–water partition coefficient (Wildman–Crippen LogP) is 3.55. The molecule has 0 aromatic carbocycles. The van der Waals surface area contributed by atoms with Crippen molar-refractivity contribution in [3.63, 3.8) is 0 Å². The Morgan fingerprint density at radius 1 is 1.30 bits per heavy atom. The molecule has 1 heterocycles. The minimum absolute atomic E-state index is 0.0449. The highest BCUT2D eigenvalue weighted by Gasteiger charge is 2.29. The van der Waals surface area contributed by atoms with Gasteiger partial charge in [0.15, 0.2) is 0 Å². The summed E-state index contributed by atoms with van der Waals surface area (Å²) in [6.07, 6.45) is 10.2. The van der Waals surface area contributed by atoms with E-state index < -0.39 is 5.97 Å². The van der Waals surface area contributed by atoms with Crippen LogP contribution in [0.5, 0.6) is 0 Å². The van der Waals surface area contributed by atoms with E-state index in [0.717, 1.165) is 37.9 Å². The maximum absolute atomic E-state index is 12.2. The molecule has 1 amide bonds. The van der Waals surface area contributed by atoms with Gasteiger partial charge in [0.2, 0.25) is 5.91 Å². The van der Waals surface area contributed by atoms with Crippen molar-refractivity contribution in [1.29, 1.82) is 0 Å². The van der Waals surface area contributed by atoms with Crippen molar-refractivity contribution in [3.8, 4) is 0 Å². The molecule has 1 saturated carbocycles. The van der Waals surface area contributed by atoms with Crippen LogP contribution in [-0.2, 0) is 9.53 Å². The Hall–Kier alpha value is -1.89. The third kappa shape index (κ3) is 5.54. The summed E-state index contributed by atoms with van der Waals surface area (Å²) in [6, 6.07) is 0. The lowest BCUT2D eigenvalue weighted by molar-refractivity contribution is -0.118. The maximum Gasteiger partial charge on any atom is 0.342 e. The molecule has 1 aromatic heterocycles. The summed E-state index contributed by atoms with van der Waals surface area (Å²) in [5, 5.41) is 3.51. The van der Waals surface area contributed by atoms with E-state index >= 15 is 0 Å². The normalized spacial score (nSPS) is 16.6. The zero-order valence-electron chi connectivity index (χ0n) is 16.0. The van der Waals surface area contributed by atoms with Crippen LogP contribution < -0.4 is 5.32 Å². The lowest BCUT2D eigenvalue weighted by Gasteiger charge is -2.13. The Morgan fingerprint density at radius 2 is 2.11 bits per heavy atom. The molecule has 1 fully saturated rings. The highest BCUT2D eigenvalue weighted by Crippen LogP contribution is 2.39. The second-order valence-corrected chi connectivity index (χ2v) is 8.07. The van der Waals surface area contributed by atoms with Crippen LogP contribution in [0.2, 0.25) is 0 Å². The first-order valence-electron chi connectivity index (χ1n) is 9.62. The smallest absolute Gasteiger partial charge is 0.342 e. The number of aryl methyl sites for hydroxylation is 1. The summed E-state index contributed by atoms with van der Waals surface area (Å²) in [4.78, 5) is 33.3. The van der Waals surface area contributed by atoms with Gasteiger partial charge in [0.05, 0.1) is 18.6 Å². The molecule has 0 spiro atoms. The number of rotatable bonds is 8. The Bertz CT molecular complexity index is 744. The number of esters is 1. The van der Waals surface area contributed by atoms with Gasteiger partial charge in [-0.2, -0.15) is 0 Å². The van der Waals surface area contributed by atoms with Gasteiger partial charge in [-0.25, -0.2) is 14.8 Å². The highest BCUT2D eigenvalue weighted by molar-refractivity contribution is 8.00. The van der Waals surface area contributed by atoms with E-state index in [1.54, 1.807) is 6.92 Å². The molecule has 146 valence electrons. The zero-order valence-corrected chi connectivity index (χ0v) is 16.9. The summed E-state index contributed by atoms with van der Waals surface area (Å²) >= 11 is 1.28. The molecule has 0 saturated heterocycles. The van der Waals surface area contributed by atoms with Gasteiger partial charge in [0.25, 0.3) is 0 Å². The number of carbonyl (C=O) groups is 2. The molecular formula is C20H27N3O3S. The summed E-state index contributed by atoms with van der Waals surface area (Å²) in [5.74, 6) is 0.877. The molecule has 0 bridgehead atoms. The first-order valence-corrected chi connectivity index (χ1v) is 10.6. The monoisotopic (exact) mass is 389 g/mol. The highest BCUT2D eigenvalue weighted by atomic mass is 32.2. The van der Waals surface area contributed by atoms with E-state index in [0.29, 0.717) is 28.7 Å². The number of thioether (sulfide) groups is 1. The molecule has 0 unspecified atom stereocenters. The van der Waals surface area contributed by atoms with E-state index in [-0.39, 0.29) is 11.7 Å². The lowest BCUT2D eigenvalue weighted by atomic mass is 9.97. The number of allylic oxidation sites excluding steroid dienone is 1. The molecule has 0 radical (unpaired) electrons. The van der Waals surface area contributed by atoms with Gasteiger partial charge in [-0.3, -0.25) is 4.79 Å². The van der Waals surface area contributed by atoms with Crippen molar-refractivity contribution in [2.24, 2.45) is 0 Å². The van der Waals surface area contributed by atoms with Gasteiger partial charge >= 0.3 is 5.97 Å². The molecule has 3 rings (SSSR count). The molecule has 27 heavy (non-hydrogen) atoms. The van der Waals surface area contributed by atoms with Crippen LogP contribution in [0.4, 0.5) is 0 Å². The number of nitrogens with one attached hydrogen (secondary N) is 1. The molecule has 0 atom stereocenters. The van der Waals surface area contributed by atoms with E-state index in [9.17, 15) is 9.59 Å². The summed E-state index contributed by atoms with van der Waals surface area (Å²) in [7, 11) is 1.34. The predicted molar refractivity (Wildman–Crippen MR) is 105 cm³/mol. The minimum atomic E-state index is -0.456. The molecule has 1 aromatic rings. The van der Waals surface area contributed by atoms with Gasteiger partial charge in [0, 0.05) is 12.5 Å². The number of aromatic nitrogens is 2. The second kappa shape index (κ2) is 9.35. The van der Waals surface area contributed by atoms with Crippen molar-refractivity contribution in [2.45, 2.75) is 62.8 Å². The number of amides is 1. The summed E-state index contributed by atoms with van der Waals surface area (Å²) in [5.41, 5.74) is 2.43. The van der Waals surface area contributed by atoms with Gasteiger partial charge in [-0.1, -0.05) is 23.4 Å². The largest absolute Gasteiger partial charge is 0.465 e. The molecule has 0 aliphatic heterocycles. The van der Waals surface area contributed by atoms with Gasteiger partial charge in [-0.15, -0.1) is 0 Å². The summed E-state index contributed by atoms with van der Waals surface area (Å²) in [6.45, 7) is 2.45. The number of ether oxygens (including phenoxy) is 1. The number of methoxy groups -OCH3 is 1. The molecule has 2 aliphatic carbocycles. The average Bonchev–Trinajstić information content (AvgIpc) is 3.51. The number of hydrogen-bond donors (Lipinski definition) is 1. The fraction of sp³-hybridized carbons (Fsp3) is 0.600. The quantitative estimate of drug-likeness (QED) is 0.317. The number of nitrogens with zero attached hydrogens (tertiary/aromatic N) is 2. The average molecular weight is 390 g/mol. The van der Waals surface area contributed by atoms with Crippen molar-refractivity contribution in [3.05, 3.63) is 28.7 Å².